The van der Waals surface area contributed by atoms with Gasteiger partial charge in [-0.05, 0) is 49.1 Å². The third kappa shape index (κ3) is 4.42. The number of aromatic nitrogens is 4. The number of aryl methyl sites for hydroxylation is 1. The Labute approximate surface area is 214 Å². The molecule has 0 fully saturated rings. The van der Waals surface area contributed by atoms with Crippen molar-refractivity contribution in [3.8, 4) is 0 Å². The Kier molecular flexibility index (Phi) is 6.36. The zero-order valence-corrected chi connectivity index (χ0v) is 21.5. The highest BCUT2D eigenvalue weighted by Crippen LogP contribution is 2.41. The lowest BCUT2D eigenvalue weighted by atomic mass is 9.68. The van der Waals surface area contributed by atoms with Gasteiger partial charge in [-0.2, -0.15) is 0 Å². The summed E-state index contributed by atoms with van der Waals surface area (Å²) in [6.07, 6.45) is 8.81. The van der Waals surface area contributed by atoms with Crippen LogP contribution in [0.2, 0.25) is 0 Å². The minimum absolute atomic E-state index is 0.0221. The molecular formula is C27H27N5O4S. The average Bonchev–Trinajstić information content (AvgIpc) is 3.39. The molecule has 0 aliphatic heterocycles. The van der Waals surface area contributed by atoms with Gasteiger partial charge in [0.1, 0.15) is 5.82 Å². The highest BCUT2D eigenvalue weighted by Gasteiger charge is 2.45. The van der Waals surface area contributed by atoms with Gasteiger partial charge in [-0.25, -0.2) is 18.4 Å². The van der Waals surface area contributed by atoms with Gasteiger partial charge in [0.05, 0.1) is 33.9 Å². The number of ketones is 1. The molecule has 190 valence electrons. The second-order valence-corrected chi connectivity index (χ2v) is 11.4. The first-order valence-corrected chi connectivity index (χ1v) is 13.9. The van der Waals surface area contributed by atoms with E-state index in [1.165, 1.54) is 12.1 Å². The third-order valence-electron chi connectivity index (χ3n) is 7.10. The van der Waals surface area contributed by atoms with Crippen LogP contribution < -0.4 is 5.32 Å². The fraction of sp³-hybridized carbons (Fsp3) is 0.296. The van der Waals surface area contributed by atoms with Gasteiger partial charge in [0.15, 0.2) is 21.3 Å². The predicted molar refractivity (Wildman–Crippen MR) is 138 cm³/mol. The predicted octanol–water partition coefficient (Wildman–Crippen LogP) is 3.58. The monoisotopic (exact) mass is 517 g/mol. The molecule has 0 saturated carbocycles. The second-order valence-electron chi connectivity index (χ2n) is 9.16. The summed E-state index contributed by atoms with van der Waals surface area (Å²) in [4.78, 5) is 40.2. The molecule has 5 rings (SSSR count). The lowest BCUT2D eigenvalue weighted by Crippen LogP contribution is -2.41. The molecule has 1 amide bonds. The number of carbonyl (C=O) groups is 2. The molecule has 0 spiro atoms. The summed E-state index contributed by atoms with van der Waals surface area (Å²) in [5, 5.41) is 2.79. The van der Waals surface area contributed by atoms with E-state index in [-0.39, 0.29) is 28.8 Å². The largest absolute Gasteiger partial charge is 0.310 e. The number of fused-ring (bicyclic) bond motifs is 2. The number of nitrogens with one attached hydrogen (secondary N) is 1. The van der Waals surface area contributed by atoms with E-state index in [1.54, 1.807) is 43.6 Å². The first kappa shape index (κ1) is 24.8. The van der Waals surface area contributed by atoms with E-state index < -0.39 is 15.3 Å². The molecule has 1 atom stereocenters. The number of nitrogens with zero attached hydrogens (tertiary/aromatic N) is 4. The quantitative estimate of drug-likeness (QED) is 0.397. The molecule has 1 unspecified atom stereocenters. The van der Waals surface area contributed by atoms with Crippen LogP contribution in [0.4, 0.5) is 5.82 Å². The van der Waals surface area contributed by atoms with Crippen LogP contribution >= 0.6 is 0 Å². The molecule has 3 aromatic heterocycles. The Bertz CT molecular complexity index is 1610. The van der Waals surface area contributed by atoms with E-state index in [9.17, 15) is 18.0 Å². The van der Waals surface area contributed by atoms with E-state index in [4.69, 9.17) is 0 Å². The SMILES string of the molecule is CCC1(c2nccn3ccnc23)CCc2nc(NC(=O)Cc3ccc(S(=O)(=O)CC)cc3)ccc2C1=O. The van der Waals surface area contributed by atoms with Crippen LogP contribution in [0.3, 0.4) is 0 Å². The molecule has 10 heteroatoms. The van der Waals surface area contributed by atoms with Crippen molar-refractivity contribution < 1.29 is 18.0 Å². The minimum Gasteiger partial charge on any atom is -0.310 e. The van der Waals surface area contributed by atoms with Crippen LogP contribution in [0.1, 0.15) is 54.0 Å². The Morgan fingerprint density at radius 1 is 1.05 bits per heavy atom. The number of Topliss-reactive ketones (excluding diaryl/α,β-unsaturated/α-hetero) is 1. The molecule has 0 saturated heterocycles. The number of hydrogen-bond donors (Lipinski definition) is 1. The lowest BCUT2D eigenvalue weighted by molar-refractivity contribution is -0.115. The summed E-state index contributed by atoms with van der Waals surface area (Å²) in [6, 6.07) is 9.67. The maximum atomic E-state index is 13.8. The molecule has 37 heavy (non-hydrogen) atoms. The van der Waals surface area contributed by atoms with Crippen LogP contribution in [0.25, 0.3) is 5.65 Å². The first-order chi connectivity index (χ1) is 17.8. The number of anilines is 1. The number of carbonyl (C=O) groups excluding carboxylic acids is 2. The van der Waals surface area contributed by atoms with Crippen molar-refractivity contribution >= 4 is 33.0 Å². The van der Waals surface area contributed by atoms with Crippen LogP contribution in [0.15, 0.2) is 66.1 Å². The standard InChI is InChI=1S/C27H27N5O4S/c1-3-27(24-26-29-14-16-32(26)15-13-28-24)12-11-21-20(25(27)34)9-10-22(30-21)31-23(33)17-18-5-7-19(8-6-18)37(35,36)4-2/h5-10,13-16H,3-4,11-12,17H2,1-2H3,(H,30,31,33). The average molecular weight is 518 g/mol. The van der Waals surface area contributed by atoms with Gasteiger partial charge in [0, 0.05) is 30.4 Å². The van der Waals surface area contributed by atoms with Crippen molar-refractivity contribution in [1.29, 1.82) is 0 Å². The zero-order chi connectivity index (χ0) is 26.2. The molecule has 9 nitrogen and oxygen atoms in total. The molecule has 3 heterocycles. The van der Waals surface area contributed by atoms with E-state index in [1.807, 2.05) is 23.7 Å². The van der Waals surface area contributed by atoms with Gasteiger partial charge in [-0.3, -0.25) is 14.6 Å². The smallest absolute Gasteiger partial charge is 0.229 e. The highest BCUT2D eigenvalue weighted by atomic mass is 32.2. The number of sulfone groups is 1. The van der Waals surface area contributed by atoms with Crippen molar-refractivity contribution in [2.24, 2.45) is 0 Å². The van der Waals surface area contributed by atoms with Gasteiger partial charge >= 0.3 is 0 Å². The van der Waals surface area contributed by atoms with E-state index in [0.29, 0.717) is 53.2 Å². The van der Waals surface area contributed by atoms with E-state index in [0.717, 1.165) is 0 Å². The maximum Gasteiger partial charge on any atom is 0.229 e. The molecule has 0 radical (unpaired) electrons. The van der Waals surface area contributed by atoms with Gasteiger partial charge in [0.2, 0.25) is 5.91 Å². The van der Waals surface area contributed by atoms with E-state index in [2.05, 4.69) is 20.3 Å². The number of imidazole rings is 1. The Morgan fingerprint density at radius 2 is 1.78 bits per heavy atom. The maximum absolute atomic E-state index is 13.8. The van der Waals surface area contributed by atoms with Crippen LogP contribution in [-0.4, -0.2) is 45.2 Å². The van der Waals surface area contributed by atoms with Gasteiger partial charge in [-0.15, -0.1) is 0 Å². The third-order valence-corrected chi connectivity index (χ3v) is 8.86. The summed E-state index contributed by atoms with van der Waals surface area (Å²) >= 11 is 0. The summed E-state index contributed by atoms with van der Waals surface area (Å²) in [7, 11) is -3.29. The summed E-state index contributed by atoms with van der Waals surface area (Å²) < 4.78 is 25.8. The highest BCUT2D eigenvalue weighted by molar-refractivity contribution is 7.91. The Balaban J connectivity index is 1.34. The topological polar surface area (TPSA) is 123 Å². The molecule has 1 N–H and O–H groups in total. The molecular weight excluding hydrogens is 490 g/mol. The van der Waals surface area contributed by atoms with E-state index >= 15 is 0 Å². The van der Waals surface area contributed by atoms with Crippen molar-refractivity contribution in [3.05, 3.63) is 83.7 Å². The summed E-state index contributed by atoms with van der Waals surface area (Å²) in [6.45, 7) is 3.58. The zero-order valence-electron chi connectivity index (χ0n) is 20.6. The minimum atomic E-state index is -3.29. The van der Waals surface area contributed by atoms with Crippen molar-refractivity contribution in [3.63, 3.8) is 0 Å². The molecule has 0 bridgehead atoms. The van der Waals surface area contributed by atoms with Gasteiger partial charge in [-0.1, -0.05) is 26.0 Å². The number of amides is 1. The van der Waals surface area contributed by atoms with Gasteiger partial charge < -0.3 is 9.72 Å². The Morgan fingerprint density at radius 3 is 2.49 bits per heavy atom. The number of benzene rings is 1. The van der Waals surface area contributed by atoms with Crippen LogP contribution in [-0.2, 0) is 32.9 Å². The fourth-order valence-electron chi connectivity index (χ4n) is 4.95. The normalized spacial score (nSPS) is 17.5. The summed E-state index contributed by atoms with van der Waals surface area (Å²) in [5.74, 6) is 0.0826. The molecule has 1 aliphatic carbocycles. The number of rotatable bonds is 7. The van der Waals surface area contributed by atoms with Crippen LogP contribution in [0.5, 0.6) is 0 Å². The second kappa shape index (κ2) is 9.51. The fourth-order valence-corrected chi connectivity index (χ4v) is 5.83. The van der Waals surface area contributed by atoms with Crippen molar-refractivity contribution in [2.75, 3.05) is 11.1 Å². The molecule has 4 aromatic rings. The van der Waals surface area contributed by atoms with Crippen LogP contribution in [0, 0.1) is 0 Å². The first-order valence-electron chi connectivity index (χ1n) is 12.2. The summed E-state index contributed by atoms with van der Waals surface area (Å²) in [5.41, 5.74) is 2.44. The molecule has 1 aromatic carbocycles. The van der Waals surface area contributed by atoms with Crippen molar-refractivity contribution in [1.82, 2.24) is 19.4 Å². The van der Waals surface area contributed by atoms with Gasteiger partial charge in [0.25, 0.3) is 0 Å². The Hall–Kier alpha value is -3.92. The molecule has 1 aliphatic rings. The number of pyridine rings is 1. The van der Waals surface area contributed by atoms with Crippen molar-refractivity contribution in [2.45, 2.75) is 49.8 Å². The lowest BCUT2D eigenvalue weighted by Gasteiger charge is -2.35. The number of hydrogen-bond acceptors (Lipinski definition) is 7.